The van der Waals surface area contributed by atoms with E-state index in [-0.39, 0.29) is 5.82 Å². The number of hydrogen-bond donors (Lipinski definition) is 1. The summed E-state index contributed by atoms with van der Waals surface area (Å²) in [5.41, 5.74) is 0.820. The smallest absolute Gasteiger partial charge is 0.126 e. The highest BCUT2D eigenvalue weighted by Gasteiger charge is 2.22. The van der Waals surface area contributed by atoms with Crippen LogP contribution in [0.5, 0.6) is 0 Å². The molecule has 2 rings (SSSR count). The molecular weight excluding hydrogens is 317 g/mol. The van der Waals surface area contributed by atoms with Crippen molar-refractivity contribution in [3.63, 3.8) is 0 Å². The molecule has 112 valence electrons. The van der Waals surface area contributed by atoms with E-state index in [1.807, 2.05) is 13.1 Å². The molecule has 0 spiro atoms. The fraction of sp³-hybridized carbons (Fsp3) is 0.647. The van der Waals surface area contributed by atoms with Crippen molar-refractivity contribution in [2.45, 2.75) is 57.4 Å². The Morgan fingerprint density at radius 2 is 1.85 bits per heavy atom. The number of rotatable bonds is 4. The van der Waals surface area contributed by atoms with Crippen LogP contribution in [0.1, 0.15) is 50.5 Å². The molecule has 0 heterocycles. The molecule has 0 amide bonds. The van der Waals surface area contributed by atoms with Gasteiger partial charge in [-0.3, -0.25) is 0 Å². The van der Waals surface area contributed by atoms with Crippen molar-refractivity contribution in [3.05, 3.63) is 34.1 Å². The van der Waals surface area contributed by atoms with Gasteiger partial charge in [-0.15, -0.1) is 0 Å². The molecule has 1 aliphatic rings. The molecule has 1 fully saturated rings. The number of likely N-dealkylation sites (N-methyl/N-ethyl adjacent to an activating group) is 1. The molecule has 1 unspecified atom stereocenters. The number of benzene rings is 1. The molecule has 1 N–H and O–H groups in total. The second kappa shape index (κ2) is 8.14. The molecule has 1 aromatic rings. The van der Waals surface area contributed by atoms with E-state index in [0.717, 1.165) is 16.5 Å². The predicted octanol–water partition coefficient (Wildman–Crippen LogP) is 5.08. The third-order valence-electron chi connectivity index (χ3n) is 4.54. The van der Waals surface area contributed by atoms with Crippen LogP contribution in [0, 0.1) is 11.7 Å². The minimum absolute atomic E-state index is 0.0840. The largest absolute Gasteiger partial charge is 0.316 e. The highest BCUT2D eigenvalue weighted by atomic mass is 79.9. The van der Waals surface area contributed by atoms with E-state index in [0.29, 0.717) is 12.0 Å². The Bertz CT molecular complexity index is 413. The second-order valence-electron chi connectivity index (χ2n) is 5.94. The van der Waals surface area contributed by atoms with Crippen molar-refractivity contribution in [2.24, 2.45) is 5.92 Å². The quantitative estimate of drug-likeness (QED) is 0.805. The van der Waals surface area contributed by atoms with Gasteiger partial charge >= 0.3 is 0 Å². The maximum Gasteiger partial charge on any atom is 0.126 e. The SMILES string of the molecule is CNC(Cc1cc(Br)ccc1F)C1CCCCCCC1. The van der Waals surface area contributed by atoms with E-state index in [2.05, 4.69) is 21.2 Å². The first kappa shape index (κ1) is 16.0. The van der Waals surface area contributed by atoms with Crippen LogP contribution in [-0.4, -0.2) is 13.1 Å². The molecule has 1 aromatic carbocycles. The average Bonchev–Trinajstić information content (AvgIpc) is 2.40. The highest BCUT2D eigenvalue weighted by Crippen LogP contribution is 2.27. The third kappa shape index (κ3) is 4.56. The Morgan fingerprint density at radius 1 is 1.20 bits per heavy atom. The molecule has 0 aromatic heterocycles. The third-order valence-corrected chi connectivity index (χ3v) is 5.03. The highest BCUT2D eigenvalue weighted by molar-refractivity contribution is 9.10. The lowest BCUT2D eigenvalue weighted by molar-refractivity contribution is 0.292. The molecule has 3 heteroatoms. The van der Waals surface area contributed by atoms with Gasteiger partial charge in [-0.2, -0.15) is 0 Å². The van der Waals surface area contributed by atoms with Gasteiger partial charge in [-0.1, -0.05) is 48.0 Å². The summed E-state index contributed by atoms with van der Waals surface area (Å²) in [6.45, 7) is 0. The van der Waals surface area contributed by atoms with Gasteiger partial charge in [0.05, 0.1) is 0 Å². The lowest BCUT2D eigenvalue weighted by atomic mass is 9.83. The molecular formula is C17H25BrFN. The Balaban J connectivity index is 2.04. The van der Waals surface area contributed by atoms with Gasteiger partial charge in [0.2, 0.25) is 0 Å². The number of nitrogens with one attached hydrogen (secondary N) is 1. The van der Waals surface area contributed by atoms with E-state index >= 15 is 0 Å². The van der Waals surface area contributed by atoms with Crippen molar-refractivity contribution < 1.29 is 4.39 Å². The molecule has 0 bridgehead atoms. The first-order valence-electron chi connectivity index (χ1n) is 7.82. The lowest BCUT2D eigenvalue weighted by Crippen LogP contribution is -2.36. The summed E-state index contributed by atoms with van der Waals surface area (Å²) in [5, 5.41) is 3.43. The van der Waals surface area contributed by atoms with Crippen molar-refractivity contribution in [1.82, 2.24) is 5.32 Å². The van der Waals surface area contributed by atoms with Crippen LogP contribution in [0.25, 0.3) is 0 Å². The van der Waals surface area contributed by atoms with E-state index in [1.165, 1.54) is 44.9 Å². The minimum atomic E-state index is -0.0840. The standard InChI is InChI=1S/C17H25BrFN/c1-20-17(13-7-5-3-2-4-6-8-13)12-14-11-15(18)9-10-16(14)19/h9-11,13,17,20H,2-8,12H2,1H3. The molecule has 1 saturated carbocycles. The summed E-state index contributed by atoms with van der Waals surface area (Å²) in [6, 6.07) is 5.63. The van der Waals surface area contributed by atoms with Crippen LogP contribution in [0.2, 0.25) is 0 Å². The van der Waals surface area contributed by atoms with Gasteiger partial charge in [0.1, 0.15) is 5.82 Å². The van der Waals surface area contributed by atoms with Crippen LogP contribution in [-0.2, 0) is 6.42 Å². The predicted molar refractivity (Wildman–Crippen MR) is 86.5 cm³/mol. The molecule has 20 heavy (non-hydrogen) atoms. The van der Waals surface area contributed by atoms with Crippen LogP contribution >= 0.6 is 15.9 Å². The monoisotopic (exact) mass is 341 g/mol. The Labute approximate surface area is 130 Å². The van der Waals surface area contributed by atoms with Gasteiger partial charge in [-0.05, 0) is 56.0 Å². The lowest BCUT2D eigenvalue weighted by Gasteiger charge is -2.29. The molecule has 0 radical (unpaired) electrons. The fourth-order valence-corrected chi connectivity index (χ4v) is 3.74. The summed E-state index contributed by atoms with van der Waals surface area (Å²) in [5.74, 6) is 0.595. The summed E-state index contributed by atoms with van der Waals surface area (Å²) in [7, 11) is 2.01. The van der Waals surface area contributed by atoms with Gasteiger partial charge in [0.25, 0.3) is 0 Å². The molecule has 1 aliphatic carbocycles. The molecule has 0 saturated heterocycles. The van der Waals surface area contributed by atoms with Gasteiger partial charge in [0.15, 0.2) is 0 Å². The maximum absolute atomic E-state index is 13.9. The summed E-state index contributed by atoms with van der Waals surface area (Å²) >= 11 is 3.44. The van der Waals surface area contributed by atoms with E-state index in [9.17, 15) is 4.39 Å². The average molecular weight is 342 g/mol. The van der Waals surface area contributed by atoms with E-state index in [4.69, 9.17) is 0 Å². The first-order valence-corrected chi connectivity index (χ1v) is 8.61. The molecule has 0 aliphatic heterocycles. The van der Waals surface area contributed by atoms with Gasteiger partial charge in [-0.25, -0.2) is 4.39 Å². The van der Waals surface area contributed by atoms with Crippen LogP contribution in [0.3, 0.4) is 0 Å². The number of hydrogen-bond acceptors (Lipinski definition) is 1. The Morgan fingerprint density at radius 3 is 2.50 bits per heavy atom. The normalized spacial score (nSPS) is 19.4. The van der Waals surface area contributed by atoms with Crippen molar-refractivity contribution in [2.75, 3.05) is 7.05 Å². The van der Waals surface area contributed by atoms with Crippen molar-refractivity contribution in [3.8, 4) is 0 Å². The Hall–Kier alpha value is -0.410. The van der Waals surface area contributed by atoms with Crippen LogP contribution in [0.4, 0.5) is 4.39 Å². The molecule has 1 atom stereocenters. The second-order valence-corrected chi connectivity index (χ2v) is 6.86. The van der Waals surface area contributed by atoms with Crippen LogP contribution in [0.15, 0.2) is 22.7 Å². The summed E-state index contributed by atoms with van der Waals surface area (Å²) in [6.07, 6.45) is 10.1. The zero-order valence-electron chi connectivity index (χ0n) is 12.3. The summed E-state index contributed by atoms with van der Waals surface area (Å²) < 4.78 is 14.9. The Kier molecular flexibility index (Phi) is 6.50. The van der Waals surface area contributed by atoms with Gasteiger partial charge in [0, 0.05) is 10.5 Å². The van der Waals surface area contributed by atoms with Crippen LogP contribution < -0.4 is 5.32 Å². The minimum Gasteiger partial charge on any atom is -0.316 e. The number of halogens is 2. The zero-order valence-corrected chi connectivity index (χ0v) is 13.9. The fourth-order valence-electron chi connectivity index (χ4n) is 3.33. The molecule has 1 nitrogen and oxygen atoms in total. The zero-order chi connectivity index (χ0) is 14.4. The van der Waals surface area contributed by atoms with Crippen molar-refractivity contribution >= 4 is 15.9 Å². The summed E-state index contributed by atoms with van der Waals surface area (Å²) in [4.78, 5) is 0. The topological polar surface area (TPSA) is 12.0 Å². The van der Waals surface area contributed by atoms with Crippen molar-refractivity contribution in [1.29, 1.82) is 0 Å². The maximum atomic E-state index is 13.9. The van der Waals surface area contributed by atoms with Gasteiger partial charge < -0.3 is 5.32 Å². The van der Waals surface area contributed by atoms with E-state index in [1.54, 1.807) is 12.1 Å². The van der Waals surface area contributed by atoms with E-state index < -0.39 is 0 Å². The first-order chi connectivity index (χ1) is 9.70.